The zero-order chi connectivity index (χ0) is 25.8. The van der Waals surface area contributed by atoms with Gasteiger partial charge in [-0.2, -0.15) is 0 Å². The Morgan fingerprint density at radius 1 is 1.00 bits per heavy atom. The standard InChI is InChI=1S/C27H24ClN5O3S/c1-37(35,36)32-12-7-27(8-13-32)22-6-11-30-16-24(22)33(26(27)34)17-23-25(18-4-9-29-10-5-18)21-3-2-20(28)14-19(21)15-31-23/h2-6,9-11,14-16H,7-8,12-13,17H2,1H3. The lowest BCUT2D eigenvalue weighted by atomic mass is 9.74. The molecule has 4 aromatic rings. The van der Waals surface area contributed by atoms with Gasteiger partial charge in [0.05, 0.1) is 35.8 Å². The molecule has 1 amide bonds. The largest absolute Gasteiger partial charge is 0.304 e. The molecule has 1 fully saturated rings. The quantitative estimate of drug-likeness (QED) is 0.390. The topological polar surface area (TPSA) is 96.4 Å². The van der Waals surface area contributed by atoms with Gasteiger partial charge in [0.15, 0.2) is 0 Å². The van der Waals surface area contributed by atoms with Crippen LogP contribution in [0.15, 0.2) is 67.4 Å². The lowest BCUT2D eigenvalue weighted by molar-refractivity contribution is -0.124. The molecule has 0 bridgehead atoms. The maximum absolute atomic E-state index is 14.1. The zero-order valence-corrected chi connectivity index (χ0v) is 21.7. The van der Waals surface area contributed by atoms with Crippen molar-refractivity contribution < 1.29 is 13.2 Å². The molecule has 0 atom stereocenters. The Bertz CT molecular complexity index is 1640. The smallest absolute Gasteiger partial charge is 0.238 e. The molecular formula is C27H24ClN5O3S. The van der Waals surface area contributed by atoms with E-state index in [9.17, 15) is 13.2 Å². The molecule has 2 aliphatic heterocycles. The van der Waals surface area contributed by atoms with Crippen molar-refractivity contribution in [3.8, 4) is 11.1 Å². The number of aromatic nitrogens is 3. The Labute approximate surface area is 220 Å². The second-order valence-electron chi connectivity index (χ2n) is 9.58. The predicted molar refractivity (Wildman–Crippen MR) is 143 cm³/mol. The van der Waals surface area contributed by atoms with Gasteiger partial charge in [-0.15, -0.1) is 0 Å². The molecule has 1 aromatic carbocycles. The summed E-state index contributed by atoms with van der Waals surface area (Å²) in [4.78, 5) is 29.2. The summed E-state index contributed by atoms with van der Waals surface area (Å²) >= 11 is 6.25. The molecule has 0 saturated carbocycles. The van der Waals surface area contributed by atoms with E-state index in [1.807, 2.05) is 36.4 Å². The van der Waals surface area contributed by atoms with E-state index >= 15 is 0 Å². The van der Waals surface area contributed by atoms with Gasteiger partial charge in [-0.25, -0.2) is 12.7 Å². The van der Waals surface area contributed by atoms with Crippen LogP contribution >= 0.6 is 11.6 Å². The Hall–Kier alpha value is -3.40. The zero-order valence-electron chi connectivity index (χ0n) is 20.1. The van der Waals surface area contributed by atoms with Crippen LogP contribution in [0, 0.1) is 0 Å². The number of rotatable bonds is 4. The summed E-state index contributed by atoms with van der Waals surface area (Å²) in [5.74, 6) is -0.0395. The summed E-state index contributed by atoms with van der Waals surface area (Å²) in [7, 11) is -3.32. The number of carbonyl (C=O) groups excluding carboxylic acids is 1. The Morgan fingerprint density at radius 2 is 1.73 bits per heavy atom. The van der Waals surface area contributed by atoms with Gasteiger partial charge in [-0.3, -0.25) is 19.7 Å². The van der Waals surface area contributed by atoms with Gasteiger partial charge in [-0.05, 0) is 59.7 Å². The minimum atomic E-state index is -3.32. The van der Waals surface area contributed by atoms with E-state index in [4.69, 9.17) is 16.6 Å². The van der Waals surface area contributed by atoms with Gasteiger partial charge in [0.2, 0.25) is 15.9 Å². The first-order chi connectivity index (χ1) is 17.8. The van der Waals surface area contributed by atoms with E-state index in [1.165, 1.54) is 10.6 Å². The molecule has 188 valence electrons. The lowest BCUT2D eigenvalue weighted by Crippen LogP contribution is -2.49. The number of amides is 1. The first kappa shape index (κ1) is 24.0. The molecule has 10 heteroatoms. The van der Waals surface area contributed by atoms with Crippen molar-refractivity contribution in [2.45, 2.75) is 24.8 Å². The highest BCUT2D eigenvalue weighted by molar-refractivity contribution is 7.88. The number of sulfonamides is 1. The number of benzene rings is 1. The molecule has 1 spiro atoms. The van der Waals surface area contributed by atoms with Crippen LogP contribution in [-0.2, 0) is 26.8 Å². The second kappa shape index (κ2) is 8.86. The van der Waals surface area contributed by atoms with Crippen LogP contribution in [0.1, 0.15) is 24.1 Å². The van der Waals surface area contributed by atoms with Crippen LogP contribution in [0.2, 0.25) is 5.02 Å². The number of nitrogens with zero attached hydrogens (tertiary/aromatic N) is 5. The number of hydrogen-bond donors (Lipinski definition) is 0. The van der Waals surface area contributed by atoms with E-state index in [0.29, 0.717) is 31.0 Å². The Kier molecular flexibility index (Phi) is 5.74. The van der Waals surface area contributed by atoms with Gasteiger partial charge < -0.3 is 4.90 Å². The van der Waals surface area contributed by atoms with Crippen LogP contribution < -0.4 is 4.90 Å². The average molecular weight is 534 g/mol. The number of halogens is 1. The van der Waals surface area contributed by atoms with Crippen molar-refractivity contribution >= 4 is 44.0 Å². The summed E-state index contributed by atoms with van der Waals surface area (Å²) in [6.07, 6.45) is 10.7. The van der Waals surface area contributed by atoms with E-state index in [2.05, 4.69) is 9.97 Å². The van der Waals surface area contributed by atoms with Gasteiger partial charge in [0.25, 0.3) is 0 Å². The third-order valence-electron chi connectivity index (χ3n) is 7.51. The summed E-state index contributed by atoms with van der Waals surface area (Å²) < 4.78 is 25.7. The van der Waals surface area contributed by atoms with Crippen molar-refractivity contribution in [2.24, 2.45) is 0 Å². The van der Waals surface area contributed by atoms with Crippen molar-refractivity contribution in [1.29, 1.82) is 0 Å². The minimum Gasteiger partial charge on any atom is -0.304 e. The van der Waals surface area contributed by atoms with E-state index < -0.39 is 15.4 Å². The molecule has 0 N–H and O–H groups in total. The van der Waals surface area contributed by atoms with Crippen LogP contribution in [-0.4, -0.2) is 52.9 Å². The van der Waals surface area contributed by atoms with Crippen molar-refractivity contribution in [3.05, 3.63) is 83.7 Å². The first-order valence-electron chi connectivity index (χ1n) is 12.0. The number of fused-ring (bicyclic) bond motifs is 3. The summed E-state index contributed by atoms with van der Waals surface area (Å²) in [6.45, 7) is 0.861. The summed E-state index contributed by atoms with van der Waals surface area (Å²) in [5, 5.41) is 2.51. The molecule has 2 aliphatic rings. The normalized spacial score (nSPS) is 17.5. The number of piperidine rings is 1. The van der Waals surface area contributed by atoms with Crippen LogP contribution in [0.4, 0.5) is 5.69 Å². The molecule has 1 saturated heterocycles. The highest BCUT2D eigenvalue weighted by atomic mass is 35.5. The van der Waals surface area contributed by atoms with Gasteiger partial charge in [0, 0.05) is 53.8 Å². The van der Waals surface area contributed by atoms with Gasteiger partial charge >= 0.3 is 0 Å². The van der Waals surface area contributed by atoms with Gasteiger partial charge in [-0.1, -0.05) is 17.7 Å². The molecular weight excluding hydrogens is 510 g/mol. The summed E-state index contributed by atoms with van der Waals surface area (Å²) in [6, 6.07) is 11.5. The molecule has 8 nitrogen and oxygen atoms in total. The summed E-state index contributed by atoms with van der Waals surface area (Å²) in [5.41, 5.74) is 3.48. The number of pyridine rings is 3. The number of carbonyl (C=O) groups is 1. The Morgan fingerprint density at radius 3 is 2.46 bits per heavy atom. The monoisotopic (exact) mass is 533 g/mol. The fraction of sp³-hybridized carbons (Fsp3) is 0.259. The number of anilines is 1. The fourth-order valence-corrected chi connectivity index (χ4v) is 6.70. The van der Waals surface area contributed by atoms with Gasteiger partial charge in [0.1, 0.15) is 0 Å². The van der Waals surface area contributed by atoms with Crippen LogP contribution in [0.5, 0.6) is 0 Å². The third kappa shape index (κ3) is 3.98. The second-order valence-corrected chi connectivity index (χ2v) is 12.0. The predicted octanol–water partition coefficient (Wildman–Crippen LogP) is 4.19. The lowest BCUT2D eigenvalue weighted by Gasteiger charge is -2.37. The van der Waals surface area contributed by atoms with Crippen LogP contribution in [0.25, 0.3) is 21.9 Å². The van der Waals surface area contributed by atoms with Crippen molar-refractivity contribution in [2.75, 3.05) is 24.2 Å². The highest BCUT2D eigenvalue weighted by Gasteiger charge is 2.53. The molecule has 0 unspecified atom stereocenters. The van der Waals surface area contributed by atoms with E-state index in [-0.39, 0.29) is 12.5 Å². The SMILES string of the molecule is CS(=O)(=O)N1CCC2(CC1)C(=O)N(Cc1ncc3cc(Cl)ccc3c1-c1ccncc1)c1cnccc12. The van der Waals surface area contributed by atoms with E-state index in [0.717, 1.165) is 38.8 Å². The average Bonchev–Trinajstić information content (AvgIpc) is 3.11. The molecule has 0 aliphatic carbocycles. The molecule has 5 heterocycles. The van der Waals surface area contributed by atoms with Crippen molar-refractivity contribution in [1.82, 2.24) is 19.3 Å². The maximum Gasteiger partial charge on any atom is 0.238 e. The van der Waals surface area contributed by atoms with E-state index in [1.54, 1.807) is 35.9 Å². The first-order valence-corrected chi connectivity index (χ1v) is 14.2. The highest BCUT2D eigenvalue weighted by Crippen LogP contribution is 2.48. The third-order valence-corrected chi connectivity index (χ3v) is 9.05. The maximum atomic E-state index is 14.1. The minimum absolute atomic E-state index is 0.0395. The van der Waals surface area contributed by atoms with Crippen LogP contribution in [0.3, 0.4) is 0 Å². The molecule has 6 rings (SSSR count). The molecule has 3 aromatic heterocycles. The number of hydrogen-bond acceptors (Lipinski definition) is 6. The molecule has 0 radical (unpaired) electrons. The fourth-order valence-electron chi connectivity index (χ4n) is 5.67. The Balaban J connectivity index is 1.44. The van der Waals surface area contributed by atoms with Crippen molar-refractivity contribution in [3.63, 3.8) is 0 Å². The molecule has 37 heavy (non-hydrogen) atoms.